The largest absolute Gasteiger partial charge is 0.389 e. The van der Waals surface area contributed by atoms with Crippen LogP contribution in [0.15, 0.2) is 0 Å². The maximum Gasteiger partial charge on any atom is 0.105 e. The van der Waals surface area contributed by atoms with Gasteiger partial charge in [-0.1, -0.05) is 0 Å². The van der Waals surface area contributed by atoms with E-state index in [4.69, 9.17) is 20.7 Å². The summed E-state index contributed by atoms with van der Waals surface area (Å²) in [5.41, 5.74) is 5.33. The van der Waals surface area contributed by atoms with Crippen LogP contribution in [0.4, 0.5) is 0 Å². The highest BCUT2D eigenvalue weighted by Crippen LogP contribution is 2.05. The summed E-state index contributed by atoms with van der Waals surface area (Å²) in [5, 5.41) is 17.9. The number of aliphatic hydroxyl groups excluding tert-OH is 2. The van der Waals surface area contributed by atoms with Crippen molar-refractivity contribution < 1.29 is 14.9 Å². The SMILES string of the molecule is N[C@H]1COC[C@@H](O)[C@H]1O. The Kier molecular flexibility index (Phi) is 2.02. The van der Waals surface area contributed by atoms with Gasteiger partial charge in [0.1, 0.15) is 6.10 Å². The van der Waals surface area contributed by atoms with E-state index in [1.54, 1.807) is 0 Å². The molecule has 4 heteroatoms. The molecule has 0 aromatic carbocycles. The van der Waals surface area contributed by atoms with Gasteiger partial charge in [-0.15, -0.1) is 0 Å². The number of nitrogens with two attached hydrogens (primary N) is 1. The smallest absolute Gasteiger partial charge is 0.105 e. The average Bonchev–Trinajstić information content (AvgIpc) is 1.83. The van der Waals surface area contributed by atoms with Crippen LogP contribution in [0.2, 0.25) is 0 Å². The molecule has 0 aromatic rings. The molecule has 0 aliphatic carbocycles. The Bertz CT molecular complexity index is 88.2. The molecular formula is C5H11NO3. The van der Waals surface area contributed by atoms with Crippen LogP contribution in [0.5, 0.6) is 0 Å². The molecule has 4 N–H and O–H groups in total. The summed E-state index contributed by atoms with van der Waals surface area (Å²) in [7, 11) is 0. The normalized spacial score (nSPS) is 45.0. The van der Waals surface area contributed by atoms with Crippen LogP contribution in [0, 0.1) is 0 Å². The molecule has 9 heavy (non-hydrogen) atoms. The van der Waals surface area contributed by atoms with E-state index in [9.17, 15) is 0 Å². The van der Waals surface area contributed by atoms with E-state index in [1.807, 2.05) is 0 Å². The molecule has 1 saturated heterocycles. The fraction of sp³-hybridized carbons (Fsp3) is 1.00. The molecule has 0 saturated carbocycles. The lowest BCUT2D eigenvalue weighted by Crippen LogP contribution is -2.51. The fourth-order valence-corrected chi connectivity index (χ4v) is 0.807. The van der Waals surface area contributed by atoms with Gasteiger partial charge in [-0.3, -0.25) is 0 Å². The lowest BCUT2D eigenvalue weighted by Gasteiger charge is -2.28. The predicted molar refractivity (Wildman–Crippen MR) is 30.8 cm³/mol. The second-order valence-corrected chi connectivity index (χ2v) is 2.26. The molecule has 4 nitrogen and oxygen atoms in total. The van der Waals surface area contributed by atoms with Crippen LogP contribution in [-0.4, -0.2) is 41.7 Å². The van der Waals surface area contributed by atoms with Gasteiger partial charge in [-0.2, -0.15) is 0 Å². The zero-order valence-electron chi connectivity index (χ0n) is 5.03. The van der Waals surface area contributed by atoms with Crippen molar-refractivity contribution in [3.63, 3.8) is 0 Å². The molecule has 0 aromatic heterocycles. The van der Waals surface area contributed by atoms with Gasteiger partial charge in [0.25, 0.3) is 0 Å². The summed E-state index contributed by atoms with van der Waals surface area (Å²) < 4.78 is 4.83. The van der Waals surface area contributed by atoms with Crippen molar-refractivity contribution in [2.45, 2.75) is 18.2 Å². The average molecular weight is 133 g/mol. The molecule has 0 spiro atoms. The molecule has 0 bridgehead atoms. The number of hydrogen-bond acceptors (Lipinski definition) is 4. The second-order valence-electron chi connectivity index (χ2n) is 2.26. The monoisotopic (exact) mass is 133 g/mol. The van der Waals surface area contributed by atoms with Crippen LogP contribution in [0.1, 0.15) is 0 Å². The third kappa shape index (κ3) is 1.40. The van der Waals surface area contributed by atoms with Crippen molar-refractivity contribution in [3.05, 3.63) is 0 Å². The van der Waals surface area contributed by atoms with E-state index < -0.39 is 18.2 Å². The van der Waals surface area contributed by atoms with Crippen LogP contribution in [0.25, 0.3) is 0 Å². The Morgan fingerprint density at radius 3 is 2.44 bits per heavy atom. The summed E-state index contributed by atoms with van der Waals surface area (Å²) in [6.07, 6.45) is -1.63. The van der Waals surface area contributed by atoms with Crippen molar-refractivity contribution in [1.82, 2.24) is 0 Å². The van der Waals surface area contributed by atoms with E-state index >= 15 is 0 Å². The highest BCUT2D eigenvalue weighted by atomic mass is 16.5. The van der Waals surface area contributed by atoms with E-state index in [0.717, 1.165) is 0 Å². The first kappa shape index (κ1) is 6.95. The van der Waals surface area contributed by atoms with Crippen molar-refractivity contribution >= 4 is 0 Å². The third-order valence-electron chi connectivity index (χ3n) is 1.43. The maximum absolute atomic E-state index is 8.99. The molecule has 1 fully saturated rings. The van der Waals surface area contributed by atoms with E-state index in [-0.39, 0.29) is 6.61 Å². The number of hydrogen-bond donors (Lipinski definition) is 3. The fourth-order valence-electron chi connectivity index (χ4n) is 0.807. The first-order valence-corrected chi connectivity index (χ1v) is 2.91. The minimum atomic E-state index is -0.821. The molecule has 1 aliphatic heterocycles. The minimum absolute atomic E-state index is 0.189. The standard InChI is InChI=1S/C5H11NO3/c6-3-1-9-2-4(7)5(3)8/h3-5,7-8H,1-2,6H2/t3-,4+,5-/m0/s1. The highest BCUT2D eigenvalue weighted by Gasteiger charge is 2.27. The van der Waals surface area contributed by atoms with Gasteiger partial charge in [0.15, 0.2) is 0 Å². The van der Waals surface area contributed by atoms with E-state index in [0.29, 0.717) is 6.61 Å². The van der Waals surface area contributed by atoms with Gasteiger partial charge < -0.3 is 20.7 Å². The molecule has 1 rings (SSSR count). The maximum atomic E-state index is 8.99. The Hall–Kier alpha value is -0.160. The van der Waals surface area contributed by atoms with Crippen LogP contribution in [0.3, 0.4) is 0 Å². The second kappa shape index (κ2) is 2.62. The lowest BCUT2D eigenvalue weighted by atomic mass is 10.1. The Morgan fingerprint density at radius 2 is 2.00 bits per heavy atom. The quantitative estimate of drug-likeness (QED) is 0.359. The molecule has 1 aliphatic rings. The zero-order valence-corrected chi connectivity index (χ0v) is 5.03. The molecular weight excluding hydrogens is 122 g/mol. The van der Waals surface area contributed by atoms with Gasteiger partial charge in [0, 0.05) is 0 Å². The van der Waals surface area contributed by atoms with Gasteiger partial charge in [-0.25, -0.2) is 0 Å². The van der Waals surface area contributed by atoms with Gasteiger partial charge >= 0.3 is 0 Å². The minimum Gasteiger partial charge on any atom is -0.389 e. The molecule has 0 unspecified atom stereocenters. The molecule has 3 atom stereocenters. The topological polar surface area (TPSA) is 75.7 Å². The van der Waals surface area contributed by atoms with Crippen LogP contribution >= 0.6 is 0 Å². The number of aliphatic hydroxyl groups is 2. The van der Waals surface area contributed by atoms with Gasteiger partial charge in [-0.05, 0) is 0 Å². The highest BCUT2D eigenvalue weighted by molar-refractivity contribution is 4.81. The summed E-state index contributed by atoms with van der Waals surface area (Å²) in [6.45, 7) is 0.521. The van der Waals surface area contributed by atoms with Crippen molar-refractivity contribution in [2.75, 3.05) is 13.2 Å². The van der Waals surface area contributed by atoms with E-state index in [2.05, 4.69) is 0 Å². The van der Waals surface area contributed by atoms with Crippen LogP contribution < -0.4 is 5.73 Å². The summed E-state index contributed by atoms with van der Waals surface area (Å²) in [5.74, 6) is 0. The van der Waals surface area contributed by atoms with Crippen molar-refractivity contribution in [3.8, 4) is 0 Å². The summed E-state index contributed by atoms with van der Waals surface area (Å²) >= 11 is 0. The van der Waals surface area contributed by atoms with Crippen molar-refractivity contribution in [1.29, 1.82) is 0 Å². The Balaban J connectivity index is 2.41. The number of ether oxygens (including phenoxy) is 1. The molecule has 54 valence electrons. The molecule has 1 heterocycles. The van der Waals surface area contributed by atoms with Crippen LogP contribution in [-0.2, 0) is 4.74 Å². The molecule has 0 radical (unpaired) electrons. The molecule has 0 amide bonds. The van der Waals surface area contributed by atoms with Gasteiger partial charge in [0.2, 0.25) is 0 Å². The predicted octanol–water partition coefficient (Wildman–Crippen LogP) is -1.93. The Morgan fingerprint density at radius 1 is 1.33 bits per heavy atom. The first-order chi connectivity index (χ1) is 4.22. The summed E-state index contributed by atoms with van der Waals surface area (Å²) in [6, 6.07) is -0.436. The summed E-state index contributed by atoms with van der Waals surface area (Å²) in [4.78, 5) is 0. The number of rotatable bonds is 0. The lowest BCUT2D eigenvalue weighted by molar-refractivity contribution is -0.0965. The van der Waals surface area contributed by atoms with Crippen molar-refractivity contribution in [2.24, 2.45) is 5.73 Å². The van der Waals surface area contributed by atoms with E-state index in [1.165, 1.54) is 0 Å². The Labute approximate surface area is 53.2 Å². The third-order valence-corrected chi connectivity index (χ3v) is 1.43. The zero-order chi connectivity index (χ0) is 6.85. The van der Waals surface area contributed by atoms with Gasteiger partial charge in [0.05, 0.1) is 25.4 Å². The first-order valence-electron chi connectivity index (χ1n) is 2.91.